The van der Waals surface area contributed by atoms with Crippen molar-refractivity contribution in [3.05, 3.63) is 0 Å². The van der Waals surface area contributed by atoms with E-state index in [0.717, 1.165) is 0 Å². The molecule has 0 aromatic rings. The fourth-order valence-electron chi connectivity index (χ4n) is 0.777. The van der Waals surface area contributed by atoms with Gasteiger partial charge < -0.3 is 0 Å². The van der Waals surface area contributed by atoms with Crippen LogP contribution in [0.4, 0.5) is 26.3 Å². The van der Waals surface area contributed by atoms with Gasteiger partial charge in [-0.05, 0) is 29.5 Å². The van der Waals surface area contributed by atoms with Gasteiger partial charge in [0.2, 0.25) is 5.67 Å². The van der Waals surface area contributed by atoms with Crippen LogP contribution in [0.1, 0.15) is 6.92 Å². The van der Waals surface area contributed by atoms with Gasteiger partial charge in [-0.1, -0.05) is 0 Å². The largest absolute Gasteiger partial charge is 0.426 e. The third-order valence-electron chi connectivity index (χ3n) is 1.76. The van der Waals surface area contributed by atoms with Crippen molar-refractivity contribution >= 4 is 22.6 Å². The predicted molar refractivity (Wildman–Crippen MR) is 38.4 cm³/mol. The average Bonchev–Trinajstić information content (AvgIpc) is 1.88. The Hall–Kier alpha value is 0.270. The molecule has 1 aliphatic heterocycles. The van der Waals surface area contributed by atoms with Gasteiger partial charge >= 0.3 is 15.9 Å². The second kappa shape index (κ2) is 2.44. The minimum Gasteiger partial charge on any atom is -0.266 e. The lowest BCUT2D eigenvalue weighted by atomic mass is 10.0. The molecule has 0 spiro atoms. The standard InChI is InChI=1S/C5H3F6IO/c1-2(6)3(7,8)4(9,10)13-5(2,11)12/h1H3. The number of rotatable bonds is 0. The van der Waals surface area contributed by atoms with E-state index in [1.165, 1.54) is 0 Å². The van der Waals surface area contributed by atoms with Crippen molar-refractivity contribution in [2.45, 2.75) is 28.5 Å². The Bertz CT molecular complexity index is 213. The van der Waals surface area contributed by atoms with Gasteiger partial charge in [-0.25, -0.2) is 4.39 Å². The Labute approximate surface area is 82.6 Å². The average molecular weight is 320 g/mol. The molecule has 0 saturated carbocycles. The Morgan fingerprint density at radius 1 is 1.00 bits per heavy atom. The lowest BCUT2D eigenvalue weighted by Crippen LogP contribution is -2.51. The summed E-state index contributed by atoms with van der Waals surface area (Å²) in [5.41, 5.74) is -4.07. The zero-order valence-electron chi connectivity index (χ0n) is 6.05. The smallest absolute Gasteiger partial charge is 0.266 e. The molecule has 2 unspecified atom stereocenters. The monoisotopic (exact) mass is 320 g/mol. The molecule has 1 aliphatic rings. The van der Waals surface area contributed by atoms with Gasteiger partial charge in [0.15, 0.2) is 0 Å². The van der Waals surface area contributed by atoms with Crippen LogP contribution in [0.2, 0.25) is 0 Å². The molecule has 0 aromatic heterocycles. The van der Waals surface area contributed by atoms with E-state index in [1.54, 1.807) is 0 Å². The van der Waals surface area contributed by atoms with Crippen LogP contribution in [-0.2, 0) is 4.74 Å². The third kappa shape index (κ3) is 1.17. The number of halogens is 7. The van der Waals surface area contributed by atoms with E-state index in [2.05, 4.69) is 4.74 Å². The van der Waals surface area contributed by atoms with Crippen LogP contribution in [-0.4, -0.2) is 21.6 Å². The highest BCUT2D eigenvalue weighted by atomic mass is 127. The van der Waals surface area contributed by atoms with E-state index in [4.69, 9.17) is 0 Å². The molecule has 78 valence electrons. The zero-order chi connectivity index (χ0) is 10.7. The van der Waals surface area contributed by atoms with Crippen LogP contribution in [0.25, 0.3) is 0 Å². The molecule has 2 atom stereocenters. The summed E-state index contributed by atoms with van der Waals surface area (Å²) in [6.07, 6.45) is -5.13. The highest BCUT2D eigenvalue weighted by Gasteiger charge is 2.85. The Kier molecular flexibility index (Phi) is 2.13. The van der Waals surface area contributed by atoms with Crippen molar-refractivity contribution in [2.24, 2.45) is 0 Å². The van der Waals surface area contributed by atoms with E-state index < -0.39 is 21.6 Å². The molecular weight excluding hydrogens is 317 g/mol. The van der Waals surface area contributed by atoms with Gasteiger partial charge in [-0.2, -0.15) is 22.0 Å². The molecule has 13 heavy (non-hydrogen) atoms. The summed E-state index contributed by atoms with van der Waals surface area (Å²) in [5.74, 6) is -5.18. The molecule has 0 amide bonds. The minimum atomic E-state index is -5.18. The van der Waals surface area contributed by atoms with Gasteiger partial charge in [-0.3, -0.25) is 4.74 Å². The molecule has 1 fully saturated rings. The molecule has 1 nitrogen and oxygen atoms in total. The molecule has 0 aliphatic carbocycles. The van der Waals surface area contributed by atoms with Crippen molar-refractivity contribution in [3.8, 4) is 0 Å². The summed E-state index contributed by atoms with van der Waals surface area (Å²) >= 11 is 0.435. The van der Waals surface area contributed by atoms with Crippen LogP contribution in [0.3, 0.4) is 0 Å². The third-order valence-corrected chi connectivity index (χ3v) is 2.99. The fourth-order valence-corrected chi connectivity index (χ4v) is 1.39. The second-order valence-electron chi connectivity index (χ2n) is 2.71. The second-order valence-corrected chi connectivity index (χ2v) is 4.10. The molecular formula is C5H3F6IO. The maximum Gasteiger partial charge on any atom is 0.426 e. The first-order valence-electron chi connectivity index (χ1n) is 2.98. The number of alkyl halides is 7. The summed E-state index contributed by atoms with van der Waals surface area (Å²) in [4.78, 5) is 0. The van der Waals surface area contributed by atoms with E-state index in [0.29, 0.717) is 22.6 Å². The molecule has 0 radical (unpaired) electrons. The van der Waals surface area contributed by atoms with Gasteiger partial charge in [0.05, 0.1) is 0 Å². The van der Waals surface area contributed by atoms with E-state index in [9.17, 15) is 26.3 Å². The molecule has 8 heteroatoms. The van der Waals surface area contributed by atoms with Crippen LogP contribution < -0.4 is 0 Å². The molecule has 0 N–H and O–H groups in total. The van der Waals surface area contributed by atoms with Crippen LogP contribution in [0.15, 0.2) is 0 Å². The first-order chi connectivity index (χ1) is 5.46. The van der Waals surface area contributed by atoms with Crippen molar-refractivity contribution in [2.75, 3.05) is 0 Å². The molecule has 0 aromatic carbocycles. The van der Waals surface area contributed by atoms with Gasteiger partial charge in [0, 0.05) is 0 Å². The summed E-state index contributed by atoms with van der Waals surface area (Å²) in [6, 6.07) is 0. The summed E-state index contributed by atoms with van der Waals surface area (Å²) in [6.45, 7) is 0.0281. The normalized spacial score (nSPS) is 48.0. The summed E-state index contributed by atoms with van der Waals surface area (Å²) in [5, 5.41) is 0. The van der Waals surface area contributed by atoms with Crippen LogP contribution >= 0.6 is 22.6 Å². The lowest BCUT2D eigenvalue weighted by molar-refractivity contribution is -0.324. The Balaban J connectivity index is 3.24. The van der Waals surface area contributed by atoms with Crippen molar-refractivity contribution < 1.29 is 31.1 Å². The van der Waals surface area contributed by atoms with Crippen LogP contribution in [0, 0.1) is 0 Å². The van der Waals surface area contributed by atoms with Gasteiger partial charge in [-0.15, -0.1) is 0 Å². The van der Waals surface area contributed by atoms with Crippen molar-refractivity contribution in [3.63, 3.8) is 0 Å². The van der Waals surface area contributed by atoms with E-state index >= 15 is 0 Å². The summed E-state index contributed by atoms with van der Waals surface area (Å²) < 4.78 is 74.5. The number of hydrogen-bond donors (Lipinski definition) is 0. The molecule has 1 heterocycles. The SMILES string of the molecule is CC1(F)C(F)(I)OC(F)(F)C1(F)F. The first-order valence-corrected chi connectivity index (χ1v) is 4.06. The zero-order valence-corrected chi connectivity index (χ0v) is 8.21. The highest BCUT2D eigenvalue weighted by molar-refractivity contribution is 14.1. The lowest BCUT2D eigenvalue weighted by Gasteiger charge is -2.25. The molecule has 1 rings (SSSR count). The van der Waals surface area contributed by atoms with E-state index in [1.807, 2.05) is 0 Å². The predicted octanol–water partition coefficient (Wildman–Crippen LogP) is 3.03. The molecule has 0 bridgehead atoms. The van der Waals surface area contributed by atoms with Gasteiger partial charge in [0.25, 0.3) is 0 Å². The minimum absolute atomic E-state index is 0.0281. The first kappa shape index (κ1) is 11.3. The highest BCUT2D eigenvalue weighted by Crippen LogP contribution is 2.61. The Morgan fingerprint density at radius 2 is 1.38 bits per heavy atom. The quantitative estimate of drug-likeness (QED) is 0.379. The van der Waals surface area contributed by atoms with Gasteiger partial charge in [0.1, 0.15) is 0 Å². The van der Waals surface area contributed by atoms with Crippen molar-refractivity contribution in [1.82, 2.24) is 0 Å². The maximum atomic E-state index is 12.9. The topological polar surface area (TPSA) is 9.23 Å². The Morgan fingerprint density at radius 3 is 1.46 bits per heavy atom. The summed E-state index contributed by atoms with van der Waals surface area (Å²) in [7, 11) is 0. The molecule has 1 saturated heterocycles. The van der Waals surface area contributed by atoms with Crippen LogP contribution in [0.5, 0.6) is 0 Å². The number of hydrogen-bond acceptors (Lipinski definition) is 1. The van der Waals surface area contributed by atoms with Crippen molar-refractivity contribution in [1.29, 1.82) is 0 Å². The fraction of sp³-hybridized carbons (Fsp3) is 1.00. The number of ether oxygens (including phenoxy) is 1. The van der Waals surface area contributed by atoms with E-state index in [-0.39, 0.29) is 6.92 Å². The maximum absolute atomic E-state index is 12.9.